The molecule has 252 valence electrons. The maximum absolute atomic E-state index is 8.89. The summed E-state index contributed by atoms with van der Waals surface area (Å²) >= 11 is 12.8. The van der Waals surface area contributed by atoms with E-state index < -0.39 is 0 Å². The summed E-state index contributed by atoms with van der Waals surface area (Å²) in [7, 11) is 0. The molecule has 12 heteroatoms. The molecule has 5 rings (SSSR count). The largest absolute Gasteiger partial charge is 0.494 e. The van der Waals surface area contributed by atoms with Crippen LogP contribution >= 0.6 is 23.2 Å². The lowest BCUT2D eigenvalue weighted by atomic mass is 10.2. The highest BCUT2D eigenvalue weighted by Gasteiger charge is 2.17. The number of rotatable bonds is 16. The number of azo groups is 2. The summed E-state index contributed by atoms with van der Waals surface area (Å²) < 4.78 is 11.3. The number of piperazine rings is 1. The van der Waals surface area contributed by atoms with Gasteiger partial charge in [-0.05, 0) is 98.5 Å². The zero-order chi connectivity index (χ0) is 33.6. The molecule has 1 aliphatic rings. The lowest BCUT2D eigenvalue weighted by molar-refractivity contribution is 0.253. The molecule has 0 saturated carbocycles. The summed E-state index contributed by atoms with van der Waals surface area (Å²) in [6.07, 6.45) is 2.98. The molecule has 2 N–H and O–H groups in total. The van der Waals surface area contributed by atoms with Crippen molar-refractivity contribution in [3.63, 3.8) is 0 Å². The van der Waals surface area contributed by atoms with Crippen molar-refractivity contribution in [3.05, 3.63) is 95.0 Å². The SMILES string of the molecule is OCCCCOc1ccc(N=Nc2ccc(N3CCN(c4ccc(N=Nc5ccc(OCCCCO)cc5Cl)cc4)CC3)cc2)c(Cl)c1. The van der Waals surface area contributed by atoms with E-state index in [9.17, 15) is 0 Å². The van der Waals surface area contributed by atoms with Crippen LogP contribution < -0.4 is 19.3 Å². The number of halogens is 2. The molecule has 0 unspecified atom stereocenters. The van der Waals surface area contributed by atoms with Gasteiger partial charge in [0.05, 0.1) is 34.6 Å². The van der Waals surface area contributed by atoms with Gasteiger partial charge in [-0.15, -0.1) is 10.2 Å². The quantitative estimate of drug-likeness (QED) is 0.0894. The van der Waals surface area contributed by atoms with Crippen molar-refractivity contribution in [1.29, 1.82) is 0 Å². The smallest absolute Gasteiger partial charge is 0.120 e. The van der Waals surface area contributed by atoms with Gasteiger partial charge in [0.15, 0.2) is 0 Å². The Bertz CT molecular complexity index is 1520. The standard InChI is InChI=1S/C36H40Cl2N6O4/c37-33-25-31(47-23-3-1-21-45)13-15-35(33)41-39-27-5-9-29(10-6-27)43-17-19-44(20-18-43)30-11-7-28(8-12-30)40-42-36-16-14-32(26-34(36)38)48-24-4-2-22-46/h5-16,25-26,45-46H,1-4,17-24H2. The van der Waals surface area contributed by atoms with E-state index in [0.29, 0.717) is 59.0 Å². The monoisotopic (exact) mass is 690 g/mol. The highest BCUT2D eigenvalue weighted by atomic mass is 35.5. The Hall–Kier alpha value is -4.22. The molecule has 0 aromatic heterocycles. The van der Waals surface area contributed by atoms with Crippen LogP contribution in [0.15, 0.2) is 105 Å². The van der Waals surface area contributed by atoms with E-state index in [0.717, 1.165) is 61.8 Å². The van der Waals surface area contributed by atoms with Crippen molar-refractivity contribution in [2.45, 2.75) is 25.7 Å². The van der Waals surface area contributed by atoms with Crippen LogP contribution in [0.2, 0.25) is 10.0 Å². The topological polar surface area (TPSA) is 115 Å². The van der Waals surface area contributed by atoms with Crippen molar-refractivity contribution in [3.8, 4) is 11.5 Å². The minimum Gasteiger partial charge on any atom is -0.494 e. The molecule has 1 fully saturated rings. The summed E-state index contributed by atoms with van der Waals surface area (Å²) in [5.41, 5.74) is 4.92. The average molecular weight is 692 g/mol. The van der Waals surface area contributed by atoms with Gasteiger partial charge in [-0.3, -0.25) is 0 Å². The summed E-state index contributed by atoms with van der Waals surface area (Å²) in [5.74, 6) is 1.34. The van der Waals surface area contributed by atoms with Crippen LogP contribution in [0.3, 0.4) is 0 Å². The van der Waals surface area contributed by atoms with E-state index in [4.69, 9.17) is 42.9 Å². The van der Waals surface area contributed by atoms with E-state index in [1.807, 2.05) is 36.4 Å². The summed E-state index contributed by atoms with van der Waals surface area (Å²) in [6.45, 7) is 4.95. The Labute approximate surface area is 291 Å². The van der Waals surface area contributed by atoms with Crippen molar-refractivity contribution in [2.24, 2.45) is 20.5 Å². The van der Waals surface area contributed by atoms with Gasteiger partial charge in [0, 0.05) is 62.9 Å². The molecule has 1 heterocycles. The number of unbranched alkanes of at least 4 members (excludes halogenated alkanes) is 2. The minimum atomic E-state index is 0.160. The lowest BCUT2D eigenvalue weighted by Crippen LogP contribution is -2.46. The highest BCUT2D eigenvalue weighted by Crippen LogP contribution is 2.33. The molecule has 0 radical (unpaired) electrons. The molecule has 48 heavy (non-hydrogen) atoms. The first-order valence-corrected chi connectivity index (χ1v) is 16.9. The molecule has 4 aromatic carbocycles. The number of ether oxygens (including phenoxy) is 2. The molecule has 4 aromatic rings. The number of aliphatic hydroxyl groups is 2. The van der Waals surface area contributed by atoms with Gasteiger partial charge in [-0.1, -0.05) is 23.2 Å². The molecular formula is C36H40Cl2N6O4. The lowest BCUT2D eigenvalue weighted by Gasteiger charge is -2.37. The van der Waals surface area contributed by atoms with Crippen LogP contribution in [-0.4, -0.2) is 62.8 Å². The summed E-state index contributed by atoms with van der Waals surface area (Å²) in [4.78, 5) is 4.73. The fraction of sp³-hybridized carbons (Fsp3) is 0.333. The third kappa shape index (κ3) is 10.4. The van der Waals surface area contributed by atoms with E-state index in [2.05, 4.69) is 54.5 Å². The van der Waals surface area contributed by atoms with E-state index in [1.165, 1.54) is 0 Å². The van der Waals surface area contributed by atoms with Crippen molar-refractivity contribution in [1.82, 2.24) is 0 Å². The average Bonchev–Trinajstić information content (AvgIpc) is 3.12. The number of aliphatic hydroxyl groups excluding tert-OH is 2. The molecular weight excluding hydrogens is 651 g/mol. The van der Waals surface area contributed by atoms with Gasteiger partial charge >= 0.3 is 0 Å². The molecule has 0 aliphatic carbocycles. The maximum atomic E-state index is 8.89. The number of benzene rings is 4. The van der Waals surface area contributed by atoms with Gasteiger partial charge in [0.2, 0.25) is 0 Å². The van der Waals surface area contributed by atoms with Gasteiger partial charge in [0.1, 0.15) is 22.9 Å². The van der Waals surface area contributed by atoms with Crippen LogP contribution in [0.4, 0.5) is 34.1 Å². The number of hydrogen-bond donors (Lipinski definition) is 2. The Morgan fingerprint density at radius 1 is 0.521 bits per heavy atom. The van der Waals surface area contributed by atoms with Crippen LogP contribution in [0.25, 0.3) is 0 Å². The third-order valence-electron chi connectivity index (χ3n) is 7.74. The normalized spacial score (nSPS) is 13.5. The first-order valence-electron chi connectivity index (χ1n) is 16.1. The second-order valence-electron chi connectivity index (χ2n) is 11.2. The van der Waals surface area contributed by atoms with Gasteiger partial charge in [0.25, 0.3) is 0 Å². The minimum absolute atomic E-state index is 0.160. The van der Waals surface area contributed by atoms with Crippen molar-refractivity contribution < 1.29 is 19.7 Å². The first kappa shape index (κ1) is 35.1. The molecule has 0 spiro atoms. The second-order valence-corrected chi connectivity index (χ2v) is 12.0. The molecule has 0 amide bonds. The Morgan fingerprint density at radius 2 is 0.917 bits per heavy atom. The predicted octanol–water partition coefficient (Wildman–Crippen LogP) is 9.45. The Kier molecular flexibility index (Phi) is 13.4. The fourth-order valence-corrected chi connectivity index (χ4v) is 5.45. The number of hydrogen-bond acceptors (Lipinski definition) is 10. The Morgan fingerprint density at radius 3 is 1.27 bits per heavy atom. The van der Waals surface area contributed by atoms with Crippen LogP contribution in [0.5, 0.6) is 11.5 Å². The molecule has 1 saturated heterocycles. The van der Waals surface area contributed by atoms with Crippen molar-refractivity contribution >= 4 is 57.3 Å². The van der Waals surface area contributed by atoms with E-state index >= 15 is 0 Å². The van der Waals surface area contributed by atoms with E-state index in [1.54, 1.807) is 24.3 Å². The van der Waals surface area contributed by atoms with Crippen LogP contribution in [-0.2, 0) is 0 Å². The zero-order valence-corrected chi connectivity index (χ0v) is 28.2. The molecule has 1 aliphatic heterocycles. The van der Waals surface area contributed by atoms with Crippen molar-refractivity contribution in [2.75, 3.05) is 62.4 Å². The fourth-order valence-electron chi connectivity index (χ4n) is 5.03. The molecule has 0 bridgehead atoms. The maximum Gasteiger partial charge on any atom is 0.120 e. The predicted molar refractivity (Wildman–Crippen MR) is 192 cm³/mol. The second kappa shape index (κ2) is 18.4. The van der Waals surface area contributed by atoms with E-state index in [-0.39, 0.29) is 13.2 Å². The van der Waals surface area contributed by atoms with Crippen LogP contribution in [0, 0.1) is 0 Å². The van der Waals surface area contributed by atoms with Gasteiger partial charge < -0.3 is 29.5 Å². The molecule has 0 atom stereocenters. The number of nitrogens with zero attached hydrogens (tertiary/aromatic N) is 6. The highest BCUT2D eigenvalue weighted by molar-refractivity contribution is 6.33. The summed E-state index contributed by atoms with van der Waals surface area (Å²) in [5, 5.41) is 36.1. The zero-order valence-electron chi connectivity index (χ0n) is 26.7. The van der Waals surface area contributed by atoms with Crippen LogP contribution in [0.1, 0.15) is 25.7 Å². The summed E-state index contributed by atoms with van der Waals surface area (Å²) in [6, 6.07) is 26.8. The Balaban J connectivity index is 1.08. The first-order chi connectivity index (χ1) is 23.5. The van der Waals surface area contributed by atoms with Gasteiger partial charge in [-0.25, -0.2) is 0 Å². The molecule has 10 nitrogen and oxygen atoms in total. The number of anilines is 2. The van der Waals surface area contributed by atoms with Gasteiger partial charge in [-0.2, -0.15) is 10.2 Å². The third-order valence-corrected chi connectivity index (χ3v) is 8.34.